The van der Waals surface area contributed by atoms with Gasteiger partial charge in [0.2, 0.25) is 35.7 Å². The lowest BCUT2D eigenvalue weighted by Crippen LogP contribution is -2.12. The number of nitrogens with one attached hydrogen (secondary N) is 6. The molecule has 212 valence electrons. The van der Waals surface area contributed by atoms with Crippen LogP contribution in [0, 0.1) is 36.5 Å². The number of aromatic nitrogens is 6. The first-order valence-electron chi connectivity index (χ1n) is 12.0. The van der Waals surface area contributed by atoms with Gasteiger partial charge < -0.3 is 31.9 Å². The number of anilines is 6. The highest BCUT2D eigenvalue weighted by Crippen LogP contribution is 2.29. The summed E-state index contributed by atoms with van der Waals surface area (Å²) >= 11 is 0. The van der Waals surface area contributed by atoms with Gasteiger partial charge in [0.05, 0.1) is 13.1 Å². The van der Waals surface area contributed by atoms with Crippen LogP contribution in [-0.4, -0.2) is 87.7 Å². The fraction of sp³-hybridized carbons (Fsp3) is 0.545. The molecule has 2 aromatic rings. The zero-order valence-corrected chi connectivity index (χ0v) is 22.6. The van der Waals surface area contributed by atoms with Crippen LogP contribution in [0.5, 0.6) is 0 Å². The maximum absolute atomic E-state index is 8.74. The SMILES string of the molecule is C#CCNc1nc(NC)nc(NCC2CC2)n1.C#CCNc1nc(NC)nc(NCC2CC2)n1.O=S(=O)(O)O. The van der Waals surface area contributed by atoms with Crippen LogP contribution >= 0.6 is 0 Å². The maximum atomic E-state index is 8.74. The molecule has 0 aromatic carbocycles. The quantitative estimate of drug-likeness (QED) is 0.133. The number of rotatable bonds is 12. The Morgan fingerprint density at radius 2 is 0.949 bits per heavy atom. The first-order chi connectivity index (χ1) is 18.6. The van der Waals surface area contributed by atoms with Gasteiger partial charge in [0, 0.05) is 27.2 Å². The summed E-state index contributed by atoms with van der Waals surface area (Å²) in [6, 6.07) is 0. The molecular weight excluding hydrogens is 528 g/mol. The highest BCUT2D eigenvalue weighted by Gasteiger charge is 2.22. The van der Waals surface area contributed by atoms with E-state index in [1.165, 1.54) is 25.7 Å². The van der Waals surface area contributed by atoms with Crippen LogP contribution in [0.1, 0.15) is 25.7 Å². The lowest BCUT2D eigenvalue weighted by molar-refractivity contribution is 0.381. The molecule has 8 N–H and O–H groups in total. The summed E-state index contributed by atoms with van der Waals surface area (Å²) in [6.45, 7) is 2.63. The van der Waals surface area contributed by atoms with Crippen LogP contribution in [0.3, 0.4) is 0 Å². The van der Waals surface area contributed by atoms with Crippen molar-refractivity contribution in [2.75, 3.05) is 72.2 Å². The lowest BCUT2D eigenvalue weighted by atomic mass is 10.4. The van der Waals surface area contributed by atoms with Crippen LogP contribution in [0.4, 0.5) is 35.7 Å². The molecule has 2 fully saturated rings. The highest BCUT2D eigenvalue weighted by atomic mass is 32.3. The smallest absolute Gasteiger partial charge is 0.357 e. The van der Waals surface area contributed by atoms with Gasteiger partial charge in [-0.15, -0.1) is 12.8 Å². The maximum Gasteiger partial charge on any atom is 0.394 e. The van der Waals surface area contributed by atoms with Crippen molar-refractivity contribution in [1.29, 1.82) is 0 Å². The van der Waals surface area contributed by atoms with Crippen molar-refractivity contribution in [3.8, 4) is 24.7 Å². The van der Waals surface area contributed by atoms with E-state index in [4.69, 9.17) is 30.4 Å². The van der Waals surface area contributed by atoms with Crippen LogP contribution in [-0.2, 0) is 10.4 Å². The minimum absolute atomic E-state index is 0.398. The third-order valence-corrected chi connectivity index (χ3v) is 4.91. The van der Waals surface area contributed by atoms with E-state index in [-0.39, 0.29) is 0 Å². The van der Waals surface area contributed by atoms with E-state index in [9.17, 15) is 0 Å². The second kappa shape index (κ2) is 15.9. The molecule has 0 aliphatic heterocycles. The highest BCUT2D eigenvalue weighted by molar-refractivity contribution is 7.79. The number of nitrogens with zero attached hydrogens (tertiary/aromatic N) is 6. The van der Waals surface area contributed by atoms with Gasteiger partial charge in [-0.05, 0) is 37.5 Å². The molecule has 2 aliphatic rings. The molecule has 17 heteroatoms. The molecule has 2 aromatic heterocycles. The zero-order chi connectivity index (χ0) is 28.7. The first kappa shape index (κ1) is 31.0. The van der Waals surface area contributed by atoms with E-state index in [0.717, 1.165) is 24.9 Å². The average Bonchev–Trinajstić information content (AvgIpc) is 3.83. The normalized spacial score (nSPS) is 13.6. The van der Waals surface area contributed by atoms with Crippen molar-refractivity contribution in [3.05, 3.63) is 0 Å². The minimum atomic E-state index is -4.67. The summed E-state index contributed by atoms with van der Waals surface area (Å²) in [5, 5.41) is 18.1. The van der Waals surface area contributed by atoms with Gasteiger partial charge in [0.25, 0.3) is 0 Å². The second-order valence-corrected chi connectivity index (χ2v) is 9.22. The summed E-state index contributed by atoms with van der Waals surface area (Å²) in [5.74, 6) is 9.69. The van der Waals surface area contributed by atoms with Crippen molar-refractivity contribution in [1.82, 2.24) is 29.9 Å². The summed E-state index contributed by atoms with van der Waals surface area (Å²) < 4.78 is 31.6. The molecule has 0 spiro atoms. The average molecular weight is 563 g/mol. The Balaban J connectivity index is 0.000000234. The minimum Gasteiger partial charge on any atom is -0.357 e. The molecule has 16 nitrogen and oxygen atoms in total. The van der Waals surface area contributed by atoms with Gasteiger partial charge in [0.1, 0.15) is 0 Å². The van der Waals surface area contributed by atoms with Gasteiger partial charge in [0.15, 0.2) is 0 Å². The van der Waals surface area contributed by atoms with Gasteiger partial charge in [-0.3, -0.25) is 9.11 Å². The van der Waals surface area contributed by atoms with E-state index in [1.54, 1.807) is 14.1 Å². The number of hydrogen-bond donors (Lipinski definition) is 8. The van der Waals surface area contributed by atoms with Crippen LogP contribution in [0.2, 0.25) is 0 Å². The van der Waals surface area contributed by atoms with Crippen LogP contribution < -0.4 is 31.9 Å². The molecular formula is C22H34N12O4S. The molecule has 0 unspecified atom stereocenters. The Hall–Kier alpha value is -4.19. The third kappa shape index (κ3) is 15.0. The molecule has 2 saturated carbocycles. The van der Waals surface area contributed by atoms with Crippen LogP contribution in [0.15, 0.2) is 0 Å². The molecule has 0 radical (unpaired) electrons. The topological polar surface area (TPSA) is 224 Å². The Kier molecular flexibility index (Phi) is 12.7. The molecule has 2 aliphatic carbocycles. The van der Waals surface area contributed by atoms with Crippen molar-refractivity contribution < 1.29 is 17.5 Å². The van der Waals surface area contributed by atoms with E-state index in [1.807, 2.05) is 0 Å². The Labute approximate surface area is 228 Å². The Morgan fingerprint density at radius 3 is 1.21 bits per heavy atom. The molecule has 0 bridgehead atoms. The van der Waals surface area contributed by atoms with E-state index >= 15 is 0 Å². The standard InChI is InChI=1S/2C11H16N6.H2O4S/c2*1-3-6-13-10-15-9(12-2)16-11(17-10)14-7-8-4-5-8;1-5(2,3)4/h2*1,8H,4-7H2,2H3,(H3,12,13,14,15,16,17);(H2,1,2,3,4). The van der Waals surface area contributed by atoms with E-state index in [2.05, 4.69) is 73.6 Å². The molecule has 0 amide bonds. The number of hydrogen-bond acceptors (Lipinski definition) is 14. The van der Waals surface area contributed by atoms with Gasteiger partial charge in [-0.1, -0.05) is 11.8 Å². The predicted molar refractivity (Wildman–Crippen MR) is 150 cm³/mol. The van der Waals surface area contributed by atoms with Crippen molar-refractivity contribution in [2.45, 2.75) is 25.7 Å². The van der Waals surface area contributed by atoms with Crippen molar-refractivity contribution in [2.24, 2.45) is 11.8 Å². The monoisotopic (exact) mass is 562 g/mol. The Morgan fingerprint density at radius 1 is 0.667 bits per heavy atom. The van der Waals surface area contributed by atoms with Crippen molar-refractivity contribution in [3.63, 3.8) is 0 Å². The van der Waals surface area contributed by atoms with Gasteiger partial charge in [-0.2, -0.15) is 38.3 Å². The van der Waals surface area contributed by atoms with Gasteiger partial charge >= 0.3 is 10.4 Å². The fourth-order valence-corrected chi connectivity index (χ4v) is 2.67. The molecule has 39 heavy (non-hydrogen) atoms. The zero-order valence-electron chi connectivity index (χ0n) is 21.8. The largest absolute Gasteiger partial charge is 0.394 e. The van der Waals surface area contributed by atoms with Crippen molar-refractivity contribution >= 4 is 46.1 Å². The summed E-state index contributed by atoms with van der Waals surface area (Å²) in [5.41, 5.74) is 0. The predicted octanol–water partition coefficient (Wildman–Crippen LogP) is 0.908. The van der Waals surface area contributed by atoms with Crippen LogP contribution in [0.25, 0.3) is 0 Å². The van der Waals surface area contributed by atoms with E-state index < -0.39 is 10.4 Å². The lowest BCUT2D eigenvalue weighted by Gasteiger charge is -2.08. The molecule has 4 rings (SSSR count). The first-order valence-corrected chi connectivity index (χ1v) is 13.4. The Bertz CT molecular complexity index is 1150. The third-order valence-electron chi connectivity index (χ3n) is 4.91. The number of terminal acetylenes is 2. The summed E-state index contributed by atoms with van der Waals surface area (Å²) in [6.07, 6.45) is 15.5. The molecule has 0 saturated heterocycles. The molecule has 0 atom stereocenters. The summed E-state index contributed by atoms with van der Waals surface area (Å²) in [7, 11) is -1.13. The second-order valence-electron chi connectivity index (χ2n) is 8.32. The van der Waals surface area contributed by atoms with Gasteiger partial charge in [-0.25, -0.2) is 0 Å². The van der Waals surface area contributed by atoms with E-state index in [0.29, 0.717) is 48.8 Å². The fourth-order valence-electron chi connectivity index (χ4n) is 2.67. The summed E-state index contributed by atoms with van der Waals surface area (Å²) in [4.78, 5) is 25.2. The molecule has 2 heterocycles.